The van der Waals surface area contributed by atoms with Crippen molar-refractivity contribution in [2.24, 2.45) is 0 Å². The van der Waals surface area contributed by atoms with Gasteiger partial charge in [0.15, 0.2) is 0 Å². The molecule has 0 aliphatic heterocycles. The average Bonchev–Trinajstić information content (AvgIpc) is 3.09. The third-order valence-electron chi connectivity index (χ3n) is 4.63. The Balaban J connectivity index is 1.55. The molecule has 5 nitrogen and oxygen atoms in total. The lowest BCUT2D eigenvalue weighted by atomic mass is 10.0. The zero-order valence-electron chi connectivity index (χ0n) is 16.3. The monoisotopic (exact) mass is 370 g/mol. The van der Waals surface area contributed by atoms with E-state index < -0.39 is 0 Å². The van der Waals surface area contributed by atoms with Crippen LogP contribution < -0.4 is 4.74 Å². The summed E-state index contributed by atoms with van der Waals surface area (Å²) in [6.07, 6.45) is 7.19. The van der Waals surface area contributed by atoms with Gasteiger partial charge < -0.3 is 4.74 Å². The van der Waals surface area contributed by atoms with Crippen LogP contribution >= 0.6 is 0 Å². The number of nitrogens with zero attached hydrogens (tertiary/aromatic N) is 4. The van der Waals surface area contributed by atoms with Gasteiger partial charge in [-0.1, -0.05) is 35.9 Å². The number of aromatic nitrogens is 4. The molecule has 3 aromatic heterocycles. The molecule has 0 spiro atoms. The van der Waals surface area contributed by atoms with Gasteiger partial charge in [0.05, 0.1) is 19.1 Å². The fraction of sp³-hybridized carbons (Fsp3) is 0.174. The van der Waals surface area contributed by atoms with Crippen molar-refractivity contribution in [2.75, 3.05) is 0 Å². The molecule has 1 aromatic carbocycles. The summed E-state index contributed by atoms with van der Waals surface area (Å²) in [7, 11) is 0. The third-order valence-corrected chi connectivity index (χ3v) is 4.63. The molecule has 3 heterocycles. The van der Waals surface area contributed by atoms with E-state index in [9.17, 15) is 0 Å². The van der Waals surface area contributed by atoms with Crippen LogP contribution in [-0.4, -0.2) is 19.5 Å². The average molecular weight is 370 g/mol. The Morgan fingerprint density at radius 2 is 1.82 bits per heavy atom. The molecule has 28 heavy (non-hydrogen) atoms. The molecule has 0 atom stereocenters. The van der Waals surface area contributed by atoms with E-state index in [0.29, 0.717) is 18.3 Å². The van der Waals surface area contributed by atoms with Crippen LogP contribution in [0.4, 0.5) is 0 Å². The predicted molar refractivity (Wildman–Crippen MR) is 110 cm³/mol. The molecule has 0 fully saturated rings. The summed E-state index contributed by atoms with van der Waals surface area (Å²) in [5.41, 5.74) is 6.61. The highest BCUT2D eigenvalue weighted by molar-refractivity contribution is 5.65. The lowest BCUT2D eigenvalue weighted by Crippen LogP contribution is -2.02. The molecule has 0 bridgehead atoms. The van der Waals surface area contributed by atoms with Crippen molar-refractivity contribution in [2.45, 2.75) is 27.3 Å². The highest BCUT2D eigenvalue weighted by atomic mass is 16.5. The first-order chi connectivity index (χ1) is 13.6. The van der Waals surface area contributed by atoms with Gasteiger partial charge in [-0.2, -0.15) is 0 Å². The summed E-state index contributed by atoms with van der Waals surface area (Å²) in [4.78, 5) is 13.1. The quantitative estimate of drug-likeness (QED) is 0.490. The molecule has 4 aromatic rings. The Morgan fingerprint density at radius 3 is 2.57 bits per heavy atom. The topological polar surface area (TPSA) is 52.8 Å². The Morgan fingerprint density at radius 1 is 0.929 bits per heavy atom. The lowest BCUT2D eigenvalue weighted by molar-refractivity contribution is 0.420. The van der Waals surface area contributed by atoms with Crippen LogP contribution in [0.2, 0.25) is 0 Å². The van der Waals surface area contributed by atoms with Crippen LogP contribution in [-0.2, 0) is 6.54 Å². The molecule has 0 N–H and O–H groups in total. The molecule has 0 aliphatic carbocycles. The fourth-order valence-corrected chi connectivity index (χ4v) is 3.14. The van der Waals surface area contributed by atoms with E-state index >= 15 is 0 Å². The molecule has 0 saturated carbocycles. The first kappa shape index (κ1) is 17.9. The number of hydrogen-bond donors (Lipinski definition) is 0. The molecule has 0 unspecified atom stereocenters. The van der Waals surface area contributed by atoms with E-state index in [1.54, 1.807) is 12.5 Å². The van der Waals surface area contributed by atoms with Gasteiger partial charge in [-0.3, -0.25) is 9.55 Å². The van der Waals surface area contributed by atoms with Crippen LogP contribution in [0.1, 0.15) is 22.4 Å². The fourth-order valence-electron chi connectivity index (χ4n) is 3.14. The molecule has 0 saturated heterocycles. The van der Waals surface area contributed by atoms with Gasteiger partial charge in [0.2, 0.25) is 11.8 Å². The smallest absolute Gasteiger partial charge is 0.222 e. The Bertz CT molecular complexity index is 1100. The number of pyridine rings is 2. The molecule has 0 aliphatic rings. The van der Waals surface area contributed by atoms with Gasteiger partial charge in [-0.25, -0.2) is 9.97 Å². The molecule has 4 rings (SSSR count). The second-order valence-electron chi connectivity index (χ2n) is 6.98. The van der Waals surface area contributed by atoms with Gasteiger partial charge in [-0.05, 0) is 38.0 Å². The largest absolute Gasteiger partial charge is 0.421 e. The van der Waals surface area contributed by atoms with Crippen LogP contribution in [0.25, 0.3) is 11.1 Å². The zero-order chi connectivity index (χ0) is 19.5. The molecular weight excluding hydrogens is 348 g/mol. The van der Waals surface area contributed by atoms with Crippen molar-refractivity contribution in [1.82, 2.24) is 19.5 Å². The Hall–Kier alpha value is -3.47. The number of hydrogen-bond acceptors (Lipinski definition) is 4. The third kappa shape index (κ3) is 3.93. The van der Waals surface area contributed by atoms with Gasteiger partial charge in [0, 0.05) is 35.3 Å². The minimum absolute atomic E-state index is 0.548. The number of imidazole rings is 1. The number of rotatable bonds is 5. The second kappa shape index (κ2) is 7.64. The lowest BCUT2D eigenvalue weighted by Gasteiger charge is -2.11. The highest BCUT2D eigenvalue weighted by Gasteiger charge is 2.10. The summed E-state index contributed by atoms with van der Waals surface area (Å²) in [6, 6.07) is 14.4. The van der Waals surface area contributed by atoms with Crippen LogP contribution in [0.5, 0.6) is 11.8 Å². The van der Waals surface area contributed by atoms with Gasteiger partial charge in [-0.15, -0.1) is 0 Å². The van der Waals surface area contributed by atoms with Gasteiger partial charge in [0.1, 0.15) is 0 Å². The first-order valence-electron chi connectivity index (χ1n) is 9.22. The van der Waals surface area contributed by atoms with Crippen molar-refractivity contribution in [1.29, 1.82) is 0 Å². The van der Waals surface area contributed by atoms with E-state index in [4.69, 9.17) is 4.74 Å². The summed E-state index contributed by atoms with van der Waals surface area (Å²) < 4.78 is 7.99. The molecule has 0 amide bonds. The predicted octanol–water partition coefficient (Wildman–Crippen LogP) is 5.11. The van der Waals surface area contributed by atoms with Crippen LogP contribution in [0.15, 0.2) is 67.4 Å². The number of aryl methyl sites for hydroxylation is 3. The van der Waals surface area contributed by atoms with Crippen molar-refractivity contribution in [3.63, 3.8) is 0 Å². The van der Waals surface area contributed by atoms with E-state index in [1.165, 1.54) is 11.1 Å². The molecule has 5 heteroatoms. The SMILES string of the molecule is Cc1cccc(Cn2cncc2Oc2cc(C)c(-c3ccc(C)nc3)cn2)c1. The molecule has 0 radical (unpaired) electrons. The summed E-state index contributed by atoms with van der Waals surface area (Å²) >= 11 is 0. The maximum atomic E-state index is 6.02. The minimum atomic E-state index is 0.548. The second-order valence-corrected chi connectivity index (χ2v) is 6.98. The highest BCUT2D eigenvalue weighted by Crippen LogP contribution is 2.27. The van der Waals surface area contributed by atoms with Gasteiger partial charge >= 0.3 is 0 Å². The normalized spacial score (nSPS) is 10.8. The first-order valence-corrected chi connectivity index (χ1v) is 9.22. The van der Waals surface area contributed by atoms with Crippen LogP contribution in [0, 0.1) is 20.8 Å². The Labute approximate surface area is 164 Å². The van der Waals surface area contributed by atoms with Crippen molar-refractivity contribution < 1.29 is 4.74 Å². The maximum absolute atomic E-state index is 6.02. The Kier molecular flexibility index (Phi) is 4.89. The van der Waals surface area contributed by atoms with Crippen molar-refractivity contribution in [3.8, 4) is 22.9 Å². The van der Waals surface area contributed by atoms with E-state index in [-0.39, 0.29) is 0 Å². The van der Waals surface area contributed by atoms with Crippen LogP contribution in [0.3, 0.4) is 0 Å². The minimum Gasteiger partial charge on any atom is -0.421 e. The molecule has 140 valence electrons. The summed E-state index contributed by atoms with van der Waals surface area (Å²) in [5.74, 6) is 1.21. The van der Waals surface area contributed by atoms with E-state index in [1.807, 2.05) is 42.9 Å². The standard InChI is InChI=1S/C23H22N4O/c1-16-5-4-6-19(9-16)14-27-15-24-13-23(27)28-22-10-17(2)21(12-26-22)20-8-7-18(3)25-11-20/h4-13,15H,14H2,1-3H3. The van der Waals surface area contributed by atoms with Gasteiger partial charge in [0.25, 0.3) is 0 Å². The zero-order valence-corrected chi connectivity index (χ0v) is 16.3. The number of ether oxygens (including phenoxy) is 1. The number of benzene rings is 1. The van der Waals surface area contributed by atoms with Crippen molar-refractivity contribution >= 4 is 0 Å². The summed E-state index contributed by atoms with van der Waals surface area (Å²) in [6.45, 7) is 6.81. The molecular formula is C23H22N4O. The van der Waals surface area contributed by atoms with E-state index in [0.717, 1.165) is 22.4 Å². The van der Waals surface area contributed by atoms with Crippen molar-refractivity contribution in [3.05, 3.63) is 89.8 Å². The summed E-state index contributed by atoms with van der Waals surface area (Å²) in [5, 5.41) is 0. The van der Waals surface area contributed by atoms with E-state index in [2.05, 4.69) is 52.2 Å². The maximum Gasteiger partial charge on any atom is 0.222 e.